The first-order valence-electron chi connectivity index (χ1n) is 13.5. The summed E-state index contributed by atoms with van der Waals surface area (Å²) in [6.07, 6.45) is 10.5. The van der Waals surface area contributed by atoms with E-state index >= 15 is 0 Å². The number of benzene rings is 1. The van der Waals surface area contributed by atoms with Crippen LogP contribution < -0.4 is 0 Å². The standard InChI is InChI=1S/C30H39N2O3/c1-23-11-12-24(20-31-23)19-27(33)21-32-17-13-25(14-18-32)28(22-32)35-29(34)30(15-7-2-3-8-16-30)26-9-5-4-6-10-26/h4-6,9-12,20,25,28H,2-3,7-8,13-19,21-22H2,1H3/q+1/t25?,28-,32?/m0/s1. The Morgan fingerprint density at radius 3 is 2.37 bits per heavy atom. The van der Waals surface area contributed by atoms with Crippen LogP contribution in [0.25, 0.3) is 0 Å². The quantitative estimate of drug-likeness (QED) is 0.323. The molecule has 0 N–H and O–H groups in total. The summed E-state index contributed by atoms with van der Waals surface area (Å²) in [7, 11) is 0. The van der Waals surface area contributed by atoms with Gasteiger partial charge in [0.2, 0.25) is 0 Å². The fraction of sp³-hybridized carbons (Fsp3) is 0.567. The molecule has 1 saturated carbocycles. The SMILES string of the molecule is Cc1ccc(CC(=O)C[N+]23CCC(CC2)[C@@H](OC(=O)C2(c4ccccc4)CCCCCC2)C3)cn1. The normalized spacial score (nSPS) is 27.7. The number of nitrogens with zero attached hydrogens (tertiary/aromatic N) is 2. The molecule has 1 aliphatic carbocycles. The first-order chi connectivity index (χ1) is 17.0. The van der Waals surface area contributed by atoms with Crippen molar-refractivity contribution in [1.82, 2.24) is 4.98 Å². The van der Waals surface area contributed by atoms with Crippen LogP contribution in [0.2, 0.25) is 0 Å². The number of rotatable bonds is 7. The second-order valence-corrected chi connectivity index (χ2v) is 11.3. The summed E-state index contributed by atoms with van der Waals surface area (Å²) in [5.74, 6) is 0.652. The Labute approximate surface area is 209 Å². The van der Waals surface area contributed by atoms with E-state index in [1.165, 1.54) is 12.8 Å². The summed E-state index contributed by atoms with van der Waals surface area (Å²) >= 11 is 0. The zero-order valence-electron chi connectivity index (χ0n) is 21.1. The molecule has 0 spiro atoms. The summed E-state index contributed by atoms with van der Waals surface area (Å²) in [5, 5.41) is 0. The van der Waals surface area contributed by atoms with Gasteiger partial charge < -0.3 is 9.22 Å². The highest BCUT2D eigenvalue weighted by Crippen LogP contribution is 2.42. The lowest BCUT2D eigenvalue weighted by atomic mass is 9.74. The number of Topliss-reactive ketones (excluding diaryl/α,β-unsaturated/α-hetero) is 1. The Balaban J connectivity index is 1.29. The van der Waals surface area contributed by atoms with Crippen LogP contribution in [0.15, 0.2) is 48.7 Å². The number of aromatic nitrogens is 1. The third-order valence-electron chi connectivity index (χ3n) is 8.86. The van der Waals surface area contributed by atoms with Crippen molar-refractivity contribution in [3.8, 4) is 0 Å². The molecule has 1 atom stereocenters. The fourth-order valence-corrected chi connectivity index (χ4v) is 6.79. The molecule has 4 fully saturated rings. The van der Waals surface area contributed by atoms with Crippen LogP contribution in [-0.2, 0) is 26.2 Å². The van der Waals surface area contributed by atoms with E-state index in [1.54, 1.807) is 0 Å². The average molecular weight is 476 g/mol. The topological polar surface area (TPSA) is 56.3 Å². The minimum atomic E-state index is -0.525. The fourth-order valence-electron chi connectivity index (χ4n) is 6.79. The van der Waals surface area contributed by atoms with Gasteiger partial charge in [-0.2, -0.15) is 0 Å². The molecule has 5 heteroatoms. The number of hydrogen-bond donors (Lipinski definition) is 0. The molecule has 35 heavy (non-hydrogen) atoms. The summed E-state index contributed by atoms with van der Waals surface area (Å²) in [6.45, 7) is 5.29. The molecular weight excluding hydrogens is 436 g/mol. The first kappa shape index (κ1) is 24.2. The van der Waals surface area contributed by atoms with E-state index < -0.39 is 5.41 Å². The Hall–Kier alpha value is -2.53. The minimum absolute atomic E-state index is 0.0282. The van der Waals surface area contributed by atoms with Gasteiger partial charge in [0.25, 0.3) is 0 Å². The molecule has 3 aliphatic heterocycles. The van der Waals surface area contributed by atoms with Gasteiger partial charge in [0.05, 0.1) is 18.5 Å². The molecule has 6 rings (SSSR count). The van der Waals surface area contributed by atoms with E-state index in [0.717, 1.165) is 79.5 Å². The lowest BCUT2D eigenvalue weighted by Gasteiger charge is -2.52. The largest absolute Gasteiger partial charge is 0.455 e. The predicted molar refractivity (Wildman–Crippen MR) is 136 cm³/mol. The number of aryl methyl sites for hydroxylation is 1. The highest BCUT2D eigenvalue weighted by molar-refractivity contribution is 5.83. The number of piperidine rings is 3. The summed E-state index contributed by atoms with van der Waals surface area (Å²) in [5.41, 5.74) is 2.53. The number of pyridine rings is 1. The Morgan fingerprint density at radius 1 is 1.00 bits per heavy atom. The minimum Gasteiger partial charge on any atom is -0.455 e. The third-order valence-corrected chi connectivity index (χ3v) is 8.86. The number of carbonyl (C=O) groups excluding carboxylic acids is 2. The van der Waals surface area contributed by atoms with Crippen LogP contribution in [0.5, 0.6) is 0 Å². The van der Waals surface area contributed by atoms with Crippen molar-refractivity contribution < 1.29 is 18.8 Å². The smallest absolute Gasteiger partial charge is 0.317 e. The zero-order chi connectivity index (χ0) is 24.3. The van der Waals surface area contributed by atoms with Crippen molar-refractivity contribution in [2.45, 2.75) is 76.2 Å². The van der Waals surface area contributed by atoms with Gasteiger partial charge in [-0.1, -0.05) is 62.1 Å². The Kier molecular flexibility index (Phi) is 7.06. The van der Waals surface area contributed by atoms with Crippen molar-refractivity contribution in [2.75, 3.05) is 26.2 Å². The average Bonchev–Trinajstić information content (AvgIpc) is 3.14. The van der Waals surface area contributed by atoms with Gasteiger partial charge in [-0.25, -0.2) is 0 Å². The number of ether oxygens (including phenoxy) is 1. The molecule has 4 aliphatic rings. The van der Waals surface area contributed by atoms with Crippen molar-refractivity contribution in [1.29, 1.82) is 0 Å². The van der Waals surface area contributed by atoms with E-state index in [4.69, 9.17) is 4.74 Å². The van der Waals surface area contributed by atoms with E-state index in [2.05, 4.69) is 17.1 Å². The lowest BCUT2D eigenvalue weighted by molar-refractivity contribution is -0.939. The van der Waals surface area contributed by atoms with Gasteiger partial charge in [-0.3, -0.25) is 14.6 Å². The van der Waals surface area contributed by atoms with Crippen molar-refractivity contribution in [3.63, 3.8) is 0 Å². The van der Waals surface area contributed by atoms with Crippen molar-refractivity contribution in [2.24, 2.45) is 5.92 Å². The van der Waals surface area contributed by atoms with Crippen LogP contribution in [-0.4, -0.2) is 53.5 Å². The first-order valence-corrected chi connectivity index (χ1v) is 13.5. The monoisotopic (exact) mass is 475 g/mol. The third kappa shape index (κ3) is 5.20. The molecule has 2 bridgehead atoms. The van der Waals surface area contributed by atoms with Gasteiger partial charge >= 0.3 is 5.97 Å². The second kappa shape index (κ2) is 10.2. The van der Waals surface area contributed by atoms with Gasteiger partial charge in [-0.05, 0) is 37.0 Å². The molecule has 0 unspecified atom stereocenters. The summed E-state index contributed by atoms with van der Waals surface area (Å²) < 4.78 is 7.21. The maximum absolute atomic E-state index is 13.9. The number of ketones is 1. The van der Waals surface area contributed by atoms with E-state index in [0.29, 0.717) is 18.9 Å². The molecule has 5 nitrogen and oxygen atoms in total. The van der Waals surface area contributed by atoms with Gasteiger partial charge in [0, 0.05) is 37.1 Å². The zero-order valence-corrected chi connectivity index (χ0v) is 21.1. The van der Waals surface area contributed by atoms with E-state index in [9.17, 15) is 9.59 Å². The Bertz CT molecular complexity index is 1020. The molecule has 1 aromatic heterocycles. The summed E-state index contributed by atoms with van der Waals surface area (Å²) in [6, 6.07) is 14.3. The lowest BCUT2D eigenvalue weighted by Crippen LogP contribution is -2.66. The highest BCUT2D eigenvalue weighted by atomic mass is 16.5. The van der Waals surface area contributed by atoms with Crippen molar-refractivity contribution >= 4 is 11.8 Å². The molecule has 2 aromatic rings. The van der Waals surface area contributed by atoms with Gasteiger partial charge in [0.1, 0.15) is 13.1 Å². The number of quaternary nitrogens is 1. The van der Waals surface area contributed by atoms with Crippen LogP contribution in [0.3, 0.4) is 0 Å². The van der Waals surface area contributed by atoms with Crippen LogP contribution in [0.4, 0.5) is 0 Å². The summed E-state index contributed by atoms with van der Waals surface area (Å²) in [4.78, 5) is 31.3. The maximum Gasteiger partial charge on any atom is 0.317 e. The molecule has 186 valence electrons. The number of carbonyl (C=O) groups is 2. The molecule has 0 amide bonds. The molecule has 3 saturated heterocycles. The van der Waals surface area contributed by atoms with Crippen LogP contribution >= 0.6 is 0 Å². The second-order valence-electron chi connectivity index (χ2n) is 11.3. The molecule has 1 aromatic carbocycles. The number of esters is 1. The van der Waals surface area contributed by atoms with Gasteiger partial charge in [-0.15, -0.1) is 0 Å². The Morgan fingerprint density at radius 2 is 1.71 bits per heavy atom. The number of fused-ring (bicyclic) bond motifs is 3. The molecular formula is C30H39N2O3+. The van der Waals surface area contributed by atoms with Crippen molar-refractivity contribution in [3.05, 3.63) is 65.5 Å². The highest BCUT2D eigenvalue weighted by Gasteiger charge is 2.50. The van der Waals surface area contributed by atoms with E-state index in [1.807, 2.05) is 43.5 Å². The number of hydrogen-bond acceptors (Lipinski definition) is 4. The molecule has 4 heterocycles. The predicted octanol–water partition coefficient (Wildman–Crippen LogP) is 4.95. The molecule has 0 radical (unpaired) electrons. The van der Waals surface area contributed by atoms with Crippen LogP contribution in [0.1, 0.15) is 68.2 Å². The maximum atomic E-state index is 13.9. The van der Waals surface area contributed by atoms with E-state index in [-0.39, 0.29) is 17.9 Å². The van der Waals surface area contributed by atoms with Crippen LogP contribution in [0, 0.1) is 12.8 Å². The van der Waals surface area contributed by atoms with Gasteiger partial charge in [0.15, 0.2) is 11.9 Å².